The van der Waals surface area contributed by atoms with Crippen molar-refractivity contribution in [2.75, 3.05) is 27.2 Å². The molecule has 0 bridgehead atoms. The number of likely N-dealkylation sites (N-methyl/N-ethyl adjacent to an activating group) is 1. The summed E-state index contributed by atoms with van der Waals surface area (Å²) in [5.74, 6) is 0.293. The average Bonchev–Trinajstić information content (AvgIpc) is 2.91. The number of carbonyl (C=O) groups is 1. The number of aromatic nitrogens is 1. The summed E-state index contributed by atoms with van der Waals surface area (Å²) in [4.78, 5) is 18.7. The molecular weight excluding hydrogens is 318 g/mol. The van der Waals surface area contributed by atoms with Crippen LogP contribution in [0.3, 0.4) is 0 Å². The predicted octanol–water partition coefficient (Wildman–Crippen LogP) is 1.93. The predicted molar refractivity (Wildman–Crippen MR) is 94.5 cm³/mol. The lowest BCUT2D eigenvalue weighted by Gasteiger charge is -2.14. The van der Waals surface area contributed by atoms with E-state index in [1.165, 1.54) is 6.20 Å². The molecule has 0 saturated carbocycles. The molecule has 2 unspecified atom stereocenters. The molecule has 1 amide bonds. The van der Waals surface area contributed by atoms with Crippen LogP contribution in [0.4, 0.5) is 0 Å². The van der Waals surface area contributed by atoms with E-state index in [0.29, 0.717) is 24.5 Å². The summed E-state index contributed by atoms with van der Waals surface area (Å²) in [6, 6.07) is 10.9. The molecule has 3 rings (SSSR count). The van der Waals surface area contributed by atoms with Gasteiger partial charge in [-0.1, -0.05) is 24.3 Å². The van der Waals surface area contributed by atoms with Gasteiger partial charge < -0.3 is 20.1 Å². The Bertz CT molecular complexity index is 731. The van der Waals surface area contributed by atoms with E-state index >= 15 is 0 Å². The zero-order valence-corrected chi connectivity index (χ0v) is 14.5. The second-order valence-electron chi connectivity index (χ2n) is 6.44. The molecule has 132 valence electrons. The van der Waals surface area contributed by atoms with Gasteiger partial charge in [-0.25, -0.2) is 4.98 Å². The first-order valence-electron chi connectivity index (χ1n) is 8.36. The van der Waals surface area contributed by atoms with Crippen LogP contribution < -0.4 is 10.1 Å². The largest absolute Gasteiger partial charge is 0.476 e. The summed E-state index contributed by atoms with van der Waals surface area (Å²) in [5.41, 5.74) is 2.33. The van der Waals surface area contributed by atoms with Crippen molar-refractivity contribution in [2.24, 2.45) is 0 Å². The second kappa shape index (κ2) is 7.63. The number of benzene rings is 1. The molecule has 0 spiro atoms. The van der Waals surface area contributed by atoms with Crippen LogP contribution in [0.5, 0.6) is 5.88 Å². The van der Waals surface area contributed by atoms with Crippen LogP contribution in [0.1, 0.15) is 40.1 Å². The molecule has 1 aromatic heterocycles. The van der Waals surface area contributed by atoms with Crippen LogP contribution >= 0.6 is 0 Å². The molecule has 1 aliphatic rings. The quantitative estimate of drug-likeness (QED) is 0.840. The standard InChI is InChI=1S/C19H23N3O3/c1-22(2)9-10-25-18-8-7-13(12-20-18)19(24)21-16-11-17(23)15-6-4-3-5-14(15)16/h3-8,12,16-17,23H,9-11H2,1-2H3,(H,21,24). The summed E-state index contributed by atoms with van der Waals surface area (Å²) in [5, 5.41) is 13.1. The van der Waals surface area contributed by atoms with Crippen LogP contribution in [-0.2, 0) is 0 Å². The minimum absolute atomic E-state index is 0.185. The minimum atomic E-state index is -0.535. The molecule has 1 aromatic carbocycles. The number of aliphatic hydroxyl groups excluding tert-OH is 1. The lowest BCUT2D eigenvalue weighted by Crippen LogP contribution is -2.27. The third-order valence-corrected chi connectivity index (χ3v) is 4.28. The molecule has 6 heteroatoms. The molecule has 0 radical (unpaired) electrons. The van der Waals surface area contributed by atoms with Gasteiger partial charge in [-0.15, -0.1) is 0 Å². The maximum Gasteiger partial charge on any atom is 0.253 e. The lowest BCUT2D eigenvalue weighted by molar-refractivity contribution is 0.0924. The van der Waals surface area contributed by atoms with Crippen molar-refractivity contribution in [3.05, 3.63) is 59.3 Å². The Morgan fingerprint density at radius 2 is 2.04 bits per heavy atom. The Morgan fingerprint density at radius 1 is 1.28 bits per heavy atom. The van der Waals surface area contributed by atoms with Crippen LogP contribution in [0, 0.1) is 0 Å². The van der Waals surface area contributed by atoms with E-state index in [9.17, 15) is 9.90 Å². The number of amides is 1. The maximum atomic E-state index is 12.5. The van der Waals surface area contributed by atoms with Crippen LogP contribution in [-0.4, -0.2) is 48.1 Å². The fourth-order valence-electron chi connectivity index (χ4n) is 2.92. The third kappa shape index (κ3) is 4.15. The molecule has 2 atom stereocenters. The van der Waals surface area contributed by atoms with Gasteiger partial charge in [0.15, 0.2) is 0 Å². The van der Waals surface area contributed by atoms with Crippen molar-refractivity contribution in [3.8, 4) is 5.88 Å². The Kier molecular flexibility index (Phi) is 5.31. The highest BCUT2D eigenvalue weighted by Gasteiger charge is 2.30. The summed E-state index contributed by atoms with van der Waals surface area (Å²) < 4.78 is 5.53. The SMILES string of the molecule is CN(C)CCOc1ccc(C(=O)NC2CC(O)c3ccccc32)cn1. The van der Waals surface area contributed by atoms with Crippen LogP contribution in [0.25, 0.3) is 0 Å². The van der Waals surface area contributed by atoms with Gasteiger partial charge in [0, 0.05) is 25.2 Å². The highest BCUT2D eigenvalue weighted by molar-refractivity contribution is 5.94. The Balaban J connectivity index is 1.61. The Labute approximate surface area is 147 Å². The number of pyridine rings is 1. The van der Waals surface area contributed by atoms with Crippen LogP contribution in [0.2, 0.25) is 0 Å². The zero-order valence-electron chi connectivity index (χ0n) is 14.5. The van der Waals surface area contributed by atoms with Crippen molar-refractivity contribution >= 4 is 5.91 Å². The van der Waals surface area contributed by atoms with Crippen molar-refractivity contribution < 1.29 is 14.6 Å². The van der Waals surface area contributed by atoms with E-state index in [1.54, 1.807) is 12.1 Å². The molecule has 0 saturated heterocycles. The summed E-state index contributed by atoms with van der Waals surface area (Å²) in [6.07, 6.45) is 1.47. The number of rotatable bonds is 6. The monoisotopic (exact) mass is 341 g/mol. The van der Waals surface area contributed by atoms with Crippen molar-refractivity contribution in [1.29, 1.82) is 0 Å². The average molecular weight is 341 g/mol. The molecule has 1 heterocycles. The van der Waals surface area contributed by atoms with Gasteiger partial charge in [0.05, 0.1) is 17.7 Å². The van der Waals surface area contributed by atoms with Crippen molar-refractivity contribution in [1.82, 2.24) is 15.2 Å². The van der Waals surface area contributed by atoms with Crippen molar-refractivity contribution in [3.63, 3.8) is 0 Å². The number of hydrogen-bond acceptors (Lipinski definition) is 5. The third-order valence-electron chi connectivity index (χ3n) is 4.28. The number of fused-ring (bicyclic) bond motifs is 1. The molecule has 0 fully saturated rings. The normalized spacial score (nSPS) is 18.9. The number of aliphatic hydroxyl groups is 1. The van der Waals surface area contributed by atoms with E-state index in [1.807, 2.05) is 43.3 Å². The smallest absolute Gasteiger partial charge is 0.253 e. The van der Waals surface area contributed by atoms with Gasteiger partial charge in [0.1, 0.15) is 6.61 Å². The van der Waals surface area contributed by atoms with E-state index in [-0.39, 0.29) is 11.9 Å². The highest BCUT2D eigenvalue weighted by atomic mass is 16.5. The summed E-state index contributed by atoms with van der Waals surface area (Å²) >= 11 is 0. The van der Waals surface area contributed by atoms with Crippen LogP contribution in [0.15, 0.2) is 42.6 Å². The van der Waals surface area contributed by atoms with Crippen molar-refractivity contribution in [2.45, 2.75) is 18.6 Å². The molecular formula is C19H23N3O3. The number of nitrogens with one attached hydrogen (secondary N) is 1. The summed E-state index contributed by atoms with van der Waals surface area (Å²) in [6.45, 7) is 1.34. The van der Waals surface area contributed by atoms with E-state index in [2.05, 4.69) is 10.3 Å². The second-order valence-corrected chi connectivity index (χ2v) is 6.44. The molecule has 2 N–H and O–H groups in total. The fraction of sp³-hybridized carbons (Fsp3) is 0.368. The molecule has 1 aliphatic carbocycles. The number of nitrogens with zero attached hydrogens (tertiary/aromatic N) is 2. The Hall–Kier alpha value is -2.44. The van der Waals surface area contributed by atoms with Gasteiger partial charge in [-0.2, -0.15) is 0 Å². The lowest BCUT2D eigenvalue weighted by atomic mass is 10.1. The van der Waals surface area contributed by atoms with E-state index < -0.39 is 6.10 Å². The van der Waals surface area contributed by atoms with Gasteiger partial charge in [0.25, 0.3) is 5.91 Å². The van der Waals surface area contributed by atoms with Gasteiger partial charge in [-0.05, 0) is 31.3 Å². The number of hydrogen-bond donors (Lipinski definition) is 2. The first kappa shape index (κ1) is 17.4. The zero-order chi connectivity index (χ0) is 17.8. The Morgan fingerprint density at radius 3 is 2.72 bits per heavy atom. The molecule has 0 aliphatic heterocycles. The van der Waals surface area contributed by atoms with Gasteiger partial charge in [-0.3, -0.25) is 4.79 Å². The number of ether oxygens (including phenoxy) is 1. The fourth-order valence-corrected chi connectivity index (χ4v) is 2.92. The molecule has 2 aromatic rings. The molecule has 6 nitrogen and oxygen atoms in total. The number of carbonyl (C=O) groups excluding carboxylic acids is 1. The molecule has 25 heavy (non-hydrogen) atoms. The maximum absolute atomic E-state index is 12.5. The van der Waals surface area contributed by atoms with E-state index in [4.69, 9.17) is 4.74 Å². The highest BCUT2D eigenvalue weighted by Crippen LogP contribution is 2.38. The minimum Gasteiger partial charge on any atom is -0.476 e. The first-order chi connectivity index (χ1) is 12.0. The topological polar surface area (TPSA) is 74.7 Å². The van der Waals surface area contributed by atoms with E-state index in [0.717, 1.165) is 17.7 Å². The van der Waals surface area contributed by atoms with Gasteiger partial charge in [0.2, 0.25) is 5.88 Å². The first-order valence-corrected chi connectivity index (χ1v) is 8.36. The van der Waals surface area contributed by atoms with Gasteiger partial charge >= 0.3 is 0 Å². The summed E-state index contributed by atoms with van der Waals surface area (Å²) in [7, 11) is 3.95.